The van der Waals surface area contributed by atoms with Crippen LogP contribution in [-0.4, -0.2) is 35.2 Å². The van der Waals surface area contributed by atoms with Crippen molar-refractivity contribution in [3.8, 4) is 0 Å². The molecule has 0 spiro atoms. The molecule has 1 aromatic carbocycles. The van der Waals surface area contributed by atoms with Gasteiger partial charge in [-0.3, -0.25) is 0 Å². The van der Waals surface area contributed by atoms with E-state index in [4.69, 9.17) is 0 Å². The number of rotatable bonds is 6. The highest BCUT2D eigenvalue weighted by Gasteiger charge is 2.20. The lowest BCUT2D eigenvalue weighted by atomic mass is 10.0. The lowest BCUT2D eigenvalue weighted by Crippen LogP contribution is -2.43. The average molecular weight is 324 g/mol. The standard InChI is InChI=1S/C20H28N4/c1-3-17-5-6-20(15-18(17)4-1)24-12-7-19(8-13-24)22-9-2-11-23-14-10-21-16-23/h5-6,10,14-16,19,22H,1-4,7-9,11-13H2. The van der Waals surface area contributed by atoms with Gasteiger partial charge in [0.2, 0.25) is 0 Å². The number of hydrogen-bond acceptors (Lipinski definition) is 3. The summed E-state index contributed by atoms with van der Waals surface area (Å²) in [7, 11) is 0. The molecule has 0 unspecified atom stereocenters. The van der Waals surface area contributed by atoms with E-state index < -0.39 is 0 Å². The fourth-order valence-corrected chi connectivity index (χ4v) is 4.08. The molecule has 1 aromatic heterocycles. The molecule has 0 amide bonds. The van der Waals surface area contributed by atoms with Crippen molar-refractivity contribution in [1.82, 2.24) is 14.9 Å². The first kappa shape index (κ1) is 15.7. The van der Waals surface area contributed by atoms with Gasteiger partial charge in [0, 0.05) is 43.8 Å². The summed E-state index contributed by atoms with van der Waals surface area (Å²) in [5.41, 5.74) is 4.61. The average Bonchev–Trinajstić information content (AvgIpc) is 3.30. The highest BCUT2D eigenvalue weighted by molar-refractivity contribution is 5.52. The number of nitrogens with one attached hydrogen (secondary N) is 1. The van der Waals surface area contributed by atoms with Gasteiger partial charge in [-0.15, -0.1) is 0 Å². The molecule has 0 saturated carbocycles. The van der Waals surface area contributed by atoms with E-state index in [9.17, 15) is 0 Å². The van der Waals surface area contributed by atoms with E-state index in [1.165, 1.54) is 57.3 Å². The number of piperidine rings is 1. The molecular weight excluding hydrogens is 296 g/mol. The number of aryl methyl sites for hydroxylation is 3. The zero-order valence-corrected chi connectivity index (χ0v) is 14.5. The van der Waals surface area contributed by atoms with Crippen LogP contribution in [0, 0.1) is 0 Å². The second-order valence-electron chi connectivity index (χ2n) is 7.18. The summed E-state index contributed by atoms with van der Waals surface area (Å²) in [6.45, 7) is 4.51. The molecule has 0 radical (unpaired) electrons. The molecule has 1 aliphatic carbocycles. The van der Waals surface area contributed by atoms with Gasteiger partial charge in [-0.25, -0.2) is 4.98 Å². The molecule has 2 heterocycles. The van der Waals surface area contributed by atoms with Crippen molar-refractivity contribution < 1.29 is 0 Å². The number of anilines is 1. The minimum atomic E-state index is 0.679. The van der Waals surface area contributed by atoms with Gasteiger partial charge in [0.1, 0.15) is 0 Å². The first-order valence-corrected chi connectivity index (χ1v) is 9.44. The van der Waals surface area contributed by atoms with Crippen LogP contribution in [0.15, 0.2) is 36.9 Å². The monoisotopic (exact) mass is 324 g/mol. The number of aromatic nitrogens is 2. The molecular formula is C20H28N4. The second-order valence-corrected chi connectivity index (χ2v) is 7.18. The van der Waals surface area contributed by atoms with Gasteiger partial charge in [0.05, 0.1) is 6.33 Å². The zero-order valence-electron chi connectivity index (χ0n) is 14.5. The smallest absolute Gasteiger partial charge is 0.0945 e. The molecule has 1 fully saturated rings. The van der Waals surface area contributed by atoms with E-state index >= 15 is 0 Å². The Balaban J connectivity index is 1.20. The Hall–Kier alpha value is -1.81. The summed E-state index contributed by atoms with van der Waals surface area (Å²) in [5, 5.41) is 3.74. The molecule has 0 atom stereocenters. The molecule has 4 nitrogen and oxygen atoms in total. The molecule has 1 aliphatic heterocycles. The van der Waals surface area contributed by atoms with Crippen LogP contribution in [0.4, 0.5) is 5.69 Å². The summed E-state index contributed by atoms with van der Waals surface area (Å²) in [4.78, 5) is 6.66. The summed E-state index contributed by atoms with van der Waals surface area (Å²) in [5.74, 6) is 0. The van der Waals surface area contributed by atoms with Crippen LogP contribution in [0.1, 0.15) is 36.8 Å². The van der Waals surface area contributed by atoms with Gasteiger partial charge in [0.25, 0.3) is 0 Å². The Bertz CT molecular complexity index is 642. The molecule has 4 rings (SSSR count). The van der Waals surface area contributed by atoms with E-state index in [2.05, 4.69) is 38.0 Å². The van der Waals surface area contributed by atoms with Crippen LogP contribution >= 0.6 is 0 Å². The van der Waals surface area contributed by atoms with Gasteiger partial charge in [-0.2, -0.15) is 0 Å². The van der Waals surface area contributed by atoms with Gasteiger partial charge >= 0.3 is 0 Å². The van der Waals surface area contributed by atoms with Crippen LogP contribution in [0.3, 0.4) is 0 Å². The maximum absolute atomic E-state index is 4.09. The number of imidazole rings is 1. The molecule has 1 N–H and O–H groups in total. The summed E-state index contributed by atoms with van der Waals surface area (Å²) in [6, 6.07) is 7.82. The fraction of sp³-hybridized carbons (Fsp3) is 0.550. The molecule has 2 aromatic rings. The van der Waals surface area contributed by atoms with Crippen LogP contribution in [-0.2, 0) is 19.4 Å². The van der Waals surface area contributed by atoms with Gasteiger partial charge < -0.3 is 14.8 Å². The highest BCUT2D eigenvalue weighted by Crippen LogP contribution is 2.28. The Labute approximate surface area is 144 Å². The van der Waals surface area contributed by atoms with E-state index in [0.29, 0.717) is 6.04 Å². The van der Waals surface area contributed by atoms with Crippen LogP contribution in [0.2, 0.25) is 0 Å². The van der Waals surface area contributed by atoms with Crippen molar-refractivity contribution in [3.63, 3.8) is 0 Å². The van der Waals surface area contributed by atoms with E-state index in [-0.39, 0.29) is 0 Å². The zero-order chi connectivity index (χ0) is 16.2. The number of fused-ring (bicyclic) bond motifs is 1. The topological polar surface area (TPSA) is 33.1 Å². The molecule has 2 aliphatic rings. The summed E-state index contributed by atoms with van der Waals surface area (Å²) in [6.07, 6.45) is 13.3. The van der Waals surface area contributed by atoms with Gasteiger partial charge in [0.15, 0.2) is 0 Å². The SMILES string of the molecule is c1cn(CCCNC2CCN(c3ccc4c(c3)CCC4)CC2)cn1. The van der Waals surface area contributed by atoms with Crippen LogP contribution in [0.25, 0.3) is 0 Å². The van der Waals surface area contributed by atoms with Crippen molar-refractivity contribution in [2.75, 3.05) is 24.5 Å². The third kappa shape index (κ3) is 3.64. The number of hydrogen-bond donors (Lipinski definition) is 1. The quantitative estimate of drug-likeness (QED) is 0.829. The summed E-state index contributed by atoms with van der Waals surface area (Å²) >= 11 is 0. The number of benzene rings is 1. The lowest BCUT2D eigenvalue weighted by Gasteiger charge is -2.34. The second kappa shape index (κ2) is 7.39. The Morgan fingerprint density at radius 3 is 2.83 bits per heavy atom. The van der Waals surface area contributed by atoms with Crippen molar-refractivity contribution >= 4 is 5.69 Å². The van der Waals surface area contributed by atoms with Crippen molar-refractivity contribution in [1.29, 1.82) is 0 Å². The third-order valence-corrected chi connectivity index (χ3v) is 5.53. The predicted octanol–water partition coefficient (Wildman–Crippen LogP) is 3.02. The van der Waals surface area contributed by atoms with Crippen LogP contribution in [0.5, 0.6) is 0 Å². The van der Waals surface area contributed by atoms with E-state index in [1.807, 2.05) is 18.7 Å². The van der Waals surface area contributed by atoms with E-state index in [1.54, 1.807) is 11.1 Å². The van der Waals surface area contributed by atoms with Crippen molar-refractivity contribution in [2.24, 2.45) is 0 Å². The third-order valence-electron chi connectivity index (χ3n) is 5.53. The van der Waals surface area contributed by atoms with E-state index in [0.717, 1.165) is 13.1 Å². The van der Waals surface area contributed by atoms with Gasteiger partial charge in [-0.1, -0.05) is 6.07 Å². The fourth-order valence-electron chi connectivity index (χ4n) is 4.08. The molecule has 128 valence electrons. The maximum atomic E-state index is 4.09. The predicted molar refractivity (Wildman–Crippen MR) is 98.5 cm³/mol. The Morgan fingerprint density at radius 2 is 2.00 bits per heavy atom. The Morgan fingerprint density at radius 1 is 1.12 bits per heavy atom. The van der Waals surface area contributed by atoms with Crippen LogP contribution < -0.4 is 10.2 Å². The largest absolute Gasteiger partial charge is 0.371 e. The first-order valence-electron chi connectivity index (χ1n) is 9.44. The molecule has 24 heavy (non-hydrogen) atoms. The highest BCUT2D eigenvalue weighted by atomic mass is 15.1. The Kier molecular flexibility index (Phi) is 4.83. The molecule has 4 heteroatoms. The molecule has 0 bridgehead atoms. The van der Waals surface area contributed by atoms with Crippen molar-refractivity contribution in [3.05, 3.63) is 48.0 Å². The number of nitrogens with zero attached hydrogens (tertiary/aromatic N) is 3. The first-order chi connectivity index (χ1) is 11.9. The van der Waals surface area contributed by atoms with Crippen molar-refractivity contribution in [2.45, 2.75) is 51.1 Å². The minimum absolute atomic E-state index is 0.679. The maximum Gasteiger partial charge on any atom is 0.0945 e. The summed E-state index contributed by atoms with van der Waals surface area (Å²) < 4.78 is 2.15. The van der Waals surface area contributed by atoms with Gasteiger partial charge in [-0.05, 0) is 68.3 Å². The normalized spacial score (nSPS) is 18.1. The lowest BCUT2D eigenvalue weighted by molar-refractivity contribution is 0.407. The molecule has 1 saturated heterocycles. The minimum Gasteiger partial charge on any atom is -0.371 e.